The smallest absolute Gasteiger partial charge is 0.333 e. The van der Waals surface area contributed by atoms with Crippen molar-refractivity contribution in [1.29, 1.82) is 0 Å². The Hall–Kier alpha value is -3.74. The SMILES string of the molecule is CN1CCN=C1c1ccc2c(c1)CC(=O)N(c1ccc(NC(=O)NS(=O)(=O)c3ccc(Cl)s3)cc1)C2=O. The van der Waals surface area contributed by atoms with E-state index < -0.39 is 22.0 Å². The summed E-state index contributed by atoms with van der Waals surface area (Å²) < 4.78 is 26.6. The molecule has 4 amide bonds. The fourth-order valence-electron chi connectivity index (χ4n) is 4.13. The molecular formula is C24H20ClN5O5S2. The second kappa shape index (κ2) is 9.61. The monoisotopic (exact) mass is 557 g/mol. The number of carbonyl (C=O) groups excluding carboxylic acids is 3. The van der Waals surface area contributed by atoms with E-state index in [9.17, 15) is 22.8 Å². The lowest BCUT2D eigenvalue weighted by Gasteiger charge is -2.27. The summed E-state index contributed by atoms with van der Waals surface area (Å²) in [6, 6.07) is 13.1. The van der Waals surface area contributed by atoms with E-state index in [1.165, 1.54) is 36.4 Å². The molecule has 2 N–H and O–H groups in total. The molecule has 3 heterocycles. The van der Waals surface area contributed by atoms with Crippen molar-refractivity contribution in [3.63, 3.8) is 0 Å². The number of urea groups is 1. The topological polar surface area (TPSA) is 128 Å². The quantitative estimate of drug-likeness (QED) is 0.463. The molecule has 3 aromatic rings. The van der Waals surface area contributed by atoms with E-state index in [-0.39, 0.29) is 26.6 Å². The number of benzene rings is 2. The Balaban J connectivity index is 1.29. The molecular weight excluding hydrogens is 538 g/mol. The van der Waals surface area contributed by atoms with Crippen molar-refractivity contribution >= 4 is 68.0 Å². The first-order chi connectivity index (χ1) is 17.6. The van der Waals surface area contributed by atoms with Crippen molar-refractivity contribution in [3.8, 4) is 0 Å². The first kappa shape index (κ1) is 24.9. The van der Waals surface area contributed by atoms with Gasteiger partial charge in [-0.1, -0.05) is 17.7 Å². The average molecular weight is 558 g/mol. The second-order valence-corrected chi connectivity index (χ2v) is 12.0. The number of halogens is 1. The number of imide groups is 1. The van der Waals surface area contributed by atoms with Crippen LogP contribution in [0, 0.1) is 0 Å². The predicted molar refractivity (Wildman–Crippen MR) is 141 cm³/mol. The third-order valence-corrected chi connectivity index (χ3v) is 8.92. The fourth-order valence-corrected chi connectivity index (χ4v) is 6.52. The molecule has 2 aliphatic rings. The normalized spacial score (nSPS) is 15.5. The second-order valence-electron chi connectivity index (χ2n) is 8.37. The van der Waals surface area contributed by atoms with Gasteiger partial charge in [-0.2, -0.15) is 0 Å². The number of aliphatic imine (C=N–C) groups is 1. The number of rotatable bonds is 5. The first-order valence-corrected chi connectivity index (χ1v) is 13.8. The molecule has 2 aliphatic heterocycles. The van der Waals surface area contributed by atoms with Gasteiger partial charge in [-0.3, -0.25) is 14.6 Å². The van der Waals surface area contributed by atoms with Crippen molar-refractivity contribution in [1.82, 2.24) is 9.62 Å². The van der Waals surface area contributed by atoms with Gasteiger partial charge in [-0.05, 0) is 54.1 Å². The number of amidine groups is 1. The van der Waals surface area contributed by atoms with Gasteiger partial charge in [0, 0.05) is 30.4 Å². The van der Waals surface area contributed by atoms with Crippen molar-refractivity contribution in [2.24, 2.45) is 4.99 Å². The Bertz CT molecular complexity index is 1570. The number of hydrogen-bond acceptors (Lipinski definition) is 8. The number of sulfonamides is 1. The summed E-state index contributed by atoms with van der Waals surface area (Å²) in [4.78, 5) is 46.0. The van der Waals surface area contributed by atoms with Gasteiger partial charge in [0.15, 0.2) is 0 Å². The summed E-state index contributed by atoms with van der Waals surface area (Å²) in [5.41, 5.74) is 2.55. The summed E-state index contributed by atoms with van der Waals surface area (Å²) in [6.07, 6.45) is 0.0545. The van der Waals surface area contributed by atoms with Crippen molar-refractivity contribution in [3.05, 3.63) is 75.6 Å². The van der Waals surface area contributed by atoms with Gasteiger partial charge in [0.05, 0.1) is 23.0 Å². The van der Waals surface area contributed by atoms with E-state index in [2.05, 4.69) is 10.3 Å². The van der Waals surface area contributed by atoms with Crippen LogP contribution in [-0.4, -0.2) is 57.1 Å². The van der Waals surface area contributed by atoms with Crippen LogP contribution in [-0.2, 0) is 21.2 Å². The lowest BCUT2D eigenvalue weighted by Crippen LogP contribution is -2.42. The van der Waals surface area contributed by atoms with E-state index in [1.807, 2.05) is 28.8 Å². The van der Waals surface area contributed by atoms with Crippen molar-refractivity contribution in [2.45, 2.75) is 10.6 Å². The number of nitrogens with one attached hydrogen (secondary N) is 2. The van der Waals surface area contributed by atoms with E-state index in [1.54, 1.807) is 6.07 Å². The third-order valence-electron chi connectivity index (χ3n) is 5.87. The van der Waals surface area contributed by atoms with Crippen LogP contribution in [0.5, 0.6) is 0 Å². The number of carbonyl (C=O) groups is 3. The summed E-state index contributed by atoms with van der Waals surface area (Å²) in [7, 11) is -2.13. The van der Waals surface area contributed by atoms with E-state index in [4.69, 9.17) is 11.6 Å². The summed E-state index contributed by atoms with van der Waals surface area (Å²) in [5.74, 6) is 0.0124. The van der Waals surface area contributed by atoms with Crippen LogP contribution >= 0.6 is 22.9 Å². The van der Waals surface area contributed by atoms with Crippen LogP contribution in [0.15, 0.2) is 63.8 Å². The number of thiophene rings is 1. The average Bonchev–Trinajstić information content (AvgIpc) is 3.48. The molecule has 10 nitrogen and oxygen atoms in total. The molecule has 0 atom stereocenters. The minimum Gasteiger partial charge on any atom is -0.358 e. The van der Waals surface area contributed by atoms with E-state index in [0.29, 0.717) is 23.4 Å². The number of anilines is 2. The minimum atomic E-state index is -4.07. The maximum Gasteiger partial charge on any atom is 0.333 e. The molecule has 37 heavy (non-hydrogen) atoms. The van der Waals surface area contributed by atoms with E-state index in [0.717, 1.165) is 34.2 Å². The number of likely N-dealkylation sites (N-methyl/N-ethyl adjacent to an activating group) is 1. The predicted octanol–water partition coefficient (Wildman–Crippen LogP) is 3.33. The number of hydrogen-bond donors (Lipinski definition) is 2. The summed E-state index contributed by atoms with van der Waals surface area (Å²) >= 11 is 6.59. The number of amides is 4. The lowest BCUT2D eigenvalue weighted by atomic mass is 9.95. The molecule has 0 saturated heterocycles. The highest BCUT2D eigenvalue weighted by atomic mass is 35.5. The maximum atomic E-state index is 13.2. The van der Waals surface area contributed by atoms with Crippen molar-refractivity contribution < 1.29 is 22.8 Å². The molecule has 5 rings (SSSR count). The van der Waals surface area contributed by atoms with Crippen LogP contribution < -0.4 is 14.9 Å². The molecule has 13 heteroatoms. The zero-order chi connectivity index (χ0) is 26.3. The lowest BCUT2D eigenvalue weighted by molar-refractivity contribution is -0.117. The van der Waals surface area contributed by atoms with Gasteiger partial charge < -0.3 is 10.2 Å². The Kier molecular flexibility index (Phi) is 6.48. The molecule has 0 unspecified atom stereocenters. The van der Waals surface area contributed by atoms with E-state index >= 15 is 0 Å². The number of fused-ring (bicyclic) bond motifs is 1. The zero-order valence-electron chi connectivity index (χ0n) is 19.4. The molecule has 0 aliphatic carbocycles. The van der Waals surface area contributed by atoms with Gasteiger partial charge in [0.25, 0.3) is 15.9 Å². The van der Waals surface area contributed by atoms with Crippen LogP contribution in [0.2, 0.25) is 4.34 Å². The Labute approximate surface area is 221 Å². The fraction of sp³-hybridized carbons (Fsp3) is 0.167. The molecule has 0 fully saturated rings. The Morgan fingerprint density at radius 2 is 1.84 bits per heavy atom. The molecule has 2 aromatic carbocycles. The highest BCUT2D eigenvalue weighted by Crippen LogP contribution is 2.28. The molecule has 0 bridgehead atoms. The van der Waals surface area contributed by atoms with Gasteiger partial charge in [-0.15, -0.1) is 11.3 Å². The highest BCUT2D eigenvalue weighted by molar-refractivity contribution is 7.92. The molecule has 0 radical (unpaired) electrons. The minimum absolute atomic E-state index is 0.0545. The van der Waals surface area contributed by atoms with Gasteiger partial charge in [0.1, 0.15) is 10.0 Å². The van der Waals surface area contributed by atoms with Crippen LogP contribution in [0.25, 0.3) is 0 Å². The van der Waals surface area contributed by atoms with Crippen molar-refractivity contribution in [2.75, 3.05) is 30.4 Å². The summed E-state index contributed by atoms with van der Waals surface area (Å²) in [6.45, 7) is 1.53. The van der Waals surface area contributed by atoms with Crippen LogP contribution in [0.3, 0.4) is 0 Å². The van der Waals surface area contributed by atoms with Crippen LogP contribution in [0.4, 0.5) is 16.2 Å². The largest absolute Gasteiger partial charge is 0.358 e. The molecule has 1 aromatic heterocycles. The van der Waals surface area contributed by atoms with Gasteiger partial charge in [0.2, 0.25) is 5.91 Å². The molecule has 190 valence electrons. The van der Waals surface area contributed by atoms with Gasteiger partial charge in [-0.25, -0.2) is 22.8 Å². The number of nitrogens with zero attached hydrogens (tertiary/aromatic N) is 3. The molecule has 0 spiro atoms. The third kappa shape index (κ3) is 4.95. The molecule has 0 saturated carbocycles. The van der Waals surface area contributed by atoms with Crippen LogP contribution in [0.1, 0.15) is 21.5 Å². The standard InChI is InChI=1S/C24H20ClN5O5S2/c1-29-11-10-26-22(29)14-2-7-18-15(12-14)13-20(31)30(23(18)32)17-5-3-16(4-6-17)27-24(33)28-37(34,35)21-9-8-19(25)36-21/h2-9,12H,10-11,13H2,1H3,(H2,27,28,33). The maximum absolute atomic E-state index is 13.2. The summed E-state index contributed by atoms with van der Waals surface area (Å²) in [5, 5.41) is 2.42. The zero-order valence-corrected chi connectivity index (χ0v) is 21.8. The Morgan fingerprint density at radius 1 is 1.08 bits per heavy atom. The highest BCUT2D eigenvalue weighted by Gasteiger charge is 2.33. The first-order valence-electron chi connectivity index (χ1n) is 11.1. The Morgan fingerprint density at radius 3 is 2.49 bits per heavy atom. The van der Waals surface area contributed by atoms with Gasteiger partial charge >= 0.3 is 6.03 Å².